The fraction of sp³-hybridized carbons (Fsp3) is 0.633. The lowest BCUT2D eigenvalue weighted by atomic mass is 9.50. The van der Waals surface area contributed by atoms with Crippen LogP contribution in [0, 0.1) is 0 Å². The molecule has 41 heavy (non-hydrogen) atoms. The van der Waals surface area contributed by atoms with E-state index in [0.29, 0.717) is 25.1 Å². The van der Waals surface area contributed by atoms with Gasteiger partial charge >= 0.3 is 18.3 Å². The first-order chi connectivity index (χ1) is 18.9. The average Bonchev–Trinajstić information content (AvgIpc) is 3.17. The van der Waals surface area contributed by atoms with E-state index in [1.165, 1.54) is 6.92 Å². The Morgan fingerprint density at radius 1 is 1.05 bits per heavy atom. The molecule has 2 aliphatic heterocycles. The number of likely N-dealkylation sites (tertiary alicyclic amines) is 1. The SMILES string of the molecule is CC(OC(=O)OC(C)(C)C)C(=O)OC1=CC[C@@]2(O)[C@H]3Cc4ccc(OC(=O)OC(C)(C)C)c5c4[C@@]2(CCN3C)[C@H]1O5. The number of hydrogen-bond acceptors (Lipinski definition) is 11. The van der Waals surface area contributed by atoms with Crippen molar-refractivity contribution in [2.45, 2.75) is 108 Å². The molecule has 0 amide bonds. The Bertz CT molecular complexity index is 1310. The van der Waals surface area contributed by atoms with Crippen LogP contribution >= 0.6 is 0 Å². The first kappa shape index (κ1) is 29.2. The van der Waals surface area contributed by atoms with E-state index < -0.39 is 52.7 Å². The summed E-state index contributed by atoms with van der Waals surface area (Å²) in [4.78, 5) is 40.0. The van der Waals surface area contributed by atoms with Crippen molar-refractivity contribution in [2.24, 2.45) is 0 Å². The highest BCUT2D eigenvalue weighted by Gasteiger charge is 2.72. The lowest BCUT2D eigenvalue weighted by Crippen LogP contribution is -2.74. The number of piperidine rings is 1. The van der Waals surface area contributed by atoms with E-state index >= 15 is 0 Å². The van der Waals surface area contributed by atoms with Gasteiger partial charge in [-0.15, -0.1) is 0 Å². The van der Waals surface area contributed by atoms with Gasteiger partial charge in [-0.05, 0) is 92.6 Å². The Kier molecular flexibility index (Phi) is 6.85. The summed E-state index contributed by atoms with van der Waals surface area (Å²) in [6.07, 6.45) is -1.05. The summed E-state index contributed by atoms with van der Waals surface area (Å²) in [5.41, 5.74) is -2.02. The predicted octanol–water partition coefficient (Wildman–Crippen LogP) is 4.16. The third-order valence-electron chi connectivity index (χ3n) is 8.13. The lowest BCUT2D eigenvalue weighted by molar-refractivity contribution is -0.172. The van der Waals surface area contributed by atoms with Crippen molar-refractivity contribution in [1.82, 2.24) is 4.90 Å². The fourth-order valence-corrected chi connectivity index (χ4v) is 6.53. The zero-order valence-electron chi connectivity index (χ0n) is 24.9. The first-order valence-corrected chi connectivity index (χ1v) is 13.9. The number of ether oxygens (including phenoxy) is 6. The van der Waals surface area contributed by atoms with Crippen LogP contribution in [0.5, 0.6) is 11.5 Å². The molecule has 0 radical (unpaired) electrons. The van der Waals surface area contributed by atoms with Gasteiger partial charge in [-0.2, -0.15) is 0 Å². The molecule has 2 heterocycles. The highest BCUT2D eigenvalue weighted by atomic mass is 16.7. The molecule has 2 aliphatic carbocycles. The molecule has 224 valence electrons. The number of rotatable bonds is 4. The molecule has 5 rings (SSSR count). The van der Waals surface area contributed by atoms with Crippen molar-refractivity contribution in [3.8, 4) is 11.5 Å². The van der Waals surface area contributed by atoms with E-state index in [1.807, 2.05) is 13.1 Å². The normalized spacial score (nSPS) is 28.9. The topological polar surface area (TPSA) is 130 Å². The fourth-order valence-electron chi connectivity index (χ4n) is 6.53. The van der Waals surface area contributed by atoms with E-state index in [9.17, 15) is 19.5 Å². The van der Waals surface area contributed by atoms with Gasteiger partial charge in [0.25, 0.3) is 0 Å². The highest BCUT2D eigenvalue weighted by Crippen LogP contribution is 2.65. The van der Waals surface area contributed by atoms with E-state index in [2.05, 4.69) is 4.90 Å². The van der Waals surface area contributed by atoms with Crippen LogP contribution in [0.1, 0.15) is 72.4 Å². The number of benzene rings is 1. The largest absolute Gasteiger partial charge is 0.514 e. The number of esters is 1. The number of aliphatic hydroxyl groups is 1. The summed E-state index contributed by atoms with van der Waals surface area (Å²) >= 11 is 0. The molecule has 1 unspecified atom stereocenters. The average molecular weight is 574 g/mol. The summed E-state index contributed by atoms with van der Waals surface area (Å²) in [7, 11) is 1.99. The molecule has 11 heteroatoms. The number of likely N-dealkylation sites (N-methyl/N-ethyl adjacent to an activating group) is 1. The molecule has 1 aromatic rings. The zero-order valence-corrected chi connectivity index (χ0v) is 24.9. The summed E-state index contributed by atoms with van der Waals surface area (Å²) in [6.45, 7) is 12.3. The van der Waals surface area contributed by atoms with Gasteiger partial charge in [-0.1, -0.05) is 6.07 Å². The first-order valence-electron chi connectivity index (χ1n) is 13.9. The van der Waals surface area contributed by atoms with Crippen molar-refractivity contribution in [1.29, 1.82) is 0 Å². The van der Waals surface area contributed by atoms with Crippen LogP contribution in [-0.4, -0.2) is 76.9 Å². The van der Waals surface area contributed by atoms with Crippen molar-refractivity contribution in [2.75, 3.05) is 13.6 Å². The van der Waals surface area contributed by atoms with Crippen molar-refractivity contribution < 1.29 is 47.9 Å². The summed E-state index contributed by atoms with van der Waals surface area (Å²) in [5.74, 6) is -0.125. The van der Waals surface area contributed by atoms with Crippen LogP contribution in [0.15, 0.2) is 24.0 Å². The van der Waals surface area contributed by atoms with E-state index in [0.717, 1.165) is 11.1 Å². The van der Waals surface area contributed by atoms with E-state index in [-0.39, 0.29) is 24.0 Å². The van der Waals surface area contributed by atoms with Crippen LogP contribution in [0.4, 0.5) is 9.59 Å². The van der Waals surface area contributed by atoms with Gasteiger partial charge in [-0.25, -0.2) is 14.4 Å². The second-order valence-corrected chi connectivity index (χ2v) is 13.3. The predicted molar refractivity (Wildman–Crippen MR) is 145 cm³/mol. The molecule has 0 saturated carbocycles. The number of carbonyl (C=O) groups is 3. The molecule has 0 aromatic heterocycles. The molecule has 2 bridgehead atoms. The Labute approximate surface area is 239 Å². The maximum atomic E-state index is 13.1. The number of hydrogen-bond donors (Lipinski definition) is 1. The van der Waals surface area contributed by atoms with Crippen LogP contribution < -0.4 is 9.47 Å². The van der Waals surface area contributed by atoms with E-state index in [1.54, 1.807) is 53.7 Å². The van der Waals surface area contributed by atoms with Gasteiger partial charge in [0, 0.05) is 18.0 Å². The smallest absolute Gasteiger partial charge is 0.477 e. The summed E-state index contributed by atoms with van der Waals surface area (Å²) in [5, 5.41) is 12.4. The Morgan fingerprint density at radius 3 is 2.37 bits per heavy atom. The molecular weight excluding hydrogens is 534 g/mol. The molecule has 1 N–H and O–H groups in total. The molecule has 1 saturated heterocycles. The molecule has 11 nitrogen and oxygen atoms in total. The maximum Gasteiger partial charge on any atom is 0.514 e. The van der Waals surface area contributed by atoms with Gasteiger partial charge in [0.15, 0.2) is 23.7 Å². The van der Waals surface area contributed by atoms with Crippen LogP contribution in [0.2, 0.25) is 0 Å². The number of nitrogens with zero attached hydrogens (tertiary/aromatic N) is 1. The quantitative estimate of drug-likeness (QED) is 0.317. The Morgan fingerprint density at radius 2 is 1.71 bits per heavy atom. The molecule has 1 aromatic carbocycles. The Hall–Kier alpha value is -3.31. The lowest BCUT2D eigenvalue weighted by Gasteiger charge is -2.61. The number of carbonyl (C=O) groups excluding carboxylic acids is 3. The molecule has 5 atom stereocenters. The monoisotopic (exact) mass is 573 g/mol. The molecule has 1 fully saturated rings. The molecule has 1 spiro atoms. The highest BCUT2D eigenvalue weighted by molar-refractivity contribution is 5.78. The van der Waals surface area contributed by atoms with Crippen LogP contribution in [0.3, 0.4) is 0 Å². The van der Waals surface area contributed by atoms with Crippen molar-refractivity contribution in [3.63, 3.8) is 0 Å². The van der Waals surface area contributed by atoms with Crippen LogP contribution in [-0.2, 0) is 35.6 Å². The van der Waals surface area contributed by atoms with Crippen LogP contribution in [0.25, 0.3) is 0 Å². The summed E-state index contributed by atoms with van der Waals surface area (Å²) < 4.78 is 33.5. The molecular formula is C30H39NO10. The minimum atomic E-state index is -1.26. The standard InChI is InChI=1S/C30H39NO10/c1-16(36-25(33)40-27(2,3)4)24(32)37-19-11-12-30(35)20-15-17-9-10-18(38-26(34)41-28(5,6)7)22-21(17)29(30,23(19)39-22)13-14-31(20)8/h9-11,16,20,23,35H,12-15H2,1-8H3/t16?,20-,23+,29+,30-/m1/s1. The summed E-state index contributed by atoms with van der Waals surface area (Å²) in [6, 6.07) is 3.35. The van der Waals surface area contributed by atoms with Gasteiger partial charge in [-0.3, -0.25) is 0 Å². The van der Waals surface area contributed by atoms with Crippen molar-refractivity contribution >= 4 is 18.3 Å². The minimum Gasteiger partial charge on any atom is -0.477 e. The van der Waals surface area contributed by atoms with Gasteiger partial charge < -0.3 is 38.4 Å². The molecule has 4 aliphatic rings. The maximum absolute atomic E-state index is 13.1. The third kappa shape index (κ3) is 4.92. The third-order valence-corrected chi connectivity index (χ3v) is 8.13. The minimum absolute atomic E-state index is 0.161. The second kappa shape index (κ2) is 9.62. The van der Waals surface area contributed by atoms with Gasteiger partial charge in [0.2, 0.25) is 0 Å². The van der Waals surface area contributed by atoms with E-state index in [4.69, 9.17) is 28.4 Å². The van der Waals surface area contributed by atoms with Gasteiger partial charge in [0.05, 0.1) is 11.0 Å². The zero-order chi connectivity index (χ0) is 30.1. The van der Waals surface area contributed by atoms with Gasteiger partial charge in [0.1, 0.15) is 17.0 Å². The second-order valence-electron chi connectivity index (χ2n) is 13.3. The van der Waals surface area contributed by atoms with Crippen molar-refractivity contribution in [3.05, 3.63) is 35.1 Å². The Balaban J connectivity index is 1.48.